The highest BCUT2D eigenvalue weighted by molar-refractivity contribution is 7.89. The lowest BCUT2D eigenvalue weighted by Crippen LogP contribution is -2.28. The Bertz CT molecular complexity index is 616. The van der Waals surface area contributed by atoms with Crippen molar-refractivity contribution in [2.75, 3.05) is 13.1 Å². The molecule has 108 valence electrons. The van der Waals surface area contributed by atoms with Gasteiger partial charge in [0.2, 0.25) is 10.0 Å². The van der Waals surface area contributed by atoms with Gasteiger partial charge in [0.05, 0.1) is 16.5 Å². The second-order valence-corrected chi connectivity index (χ2v) is 6.81. The van der Waals surface area contributed by atoms with Gasteiger partial charge in [-0.1, -0.05) is 6.07 Å². The third kappa shape index (κ3) is 4.04. The van der Waals surface area contributed by atoms with Crippen LogP contribution < -0.4 is 10.0 Å². The minimum atomic E-state index is -3.54. The standard InChI is InChI=1S/C14H19N3O2S/c1-11-3-4-12(10-15)9-14(11)20(18,19)17-8-2-7-16-13-5-6-13/h3-4,9,13,16-17H,2,5-8H2,1H3. The Balaban J connectivity index is 1.93. The Morgan fingerprint density at radius 2 is 2.10 bits per heavy atom. The molecule has 0 heterocycles. The minimum absolute atomic E-state index is 0.187. The summed E-state index contributed by atoms with van der Waals surface area (Å²) in [6.07, 6.45) is 3.21. The van der Waals surface area contributed by atoms with Gasteiger partial charge in [0.15, 0.2) is 0 Å². The molecule has 1 fully saturated rings. The number of nitrogens with one attached hydrogen (secondary N) is 2. The maximum Gasteiger partial charge on any atom is 0.240 e. The zero-order chi connectivity index (χ0) is 14.6. The van der Waals surface area contributed by atoms with Gasteiger partial charge in [0, 0.05) is 12.6 Å². The summed E-state index contributed by atoms with van der Waals surface area (Å²) in [7, 11) is -3.54. The van der Waals surface area contributed by atoms with Gasteiger partial charge < -0.3 is 5.32 Å². The van der Waals surface area contributed by atoms with Crippen molar-refractivity contribution in [2.45, 2.75) is 37.1 Å². The SMILES string of the molecule is Cc1ccc(C#N)cc1S(=O)(=O)NCCCNC1CC1. The number of hydrogen-bond acceptors (Lipinski definition) is 4. The highest BCUT2D eigenvalue weighted by atomic mass is 32.2. The summed E-state index contributed by atoms with van der Waals surface area (Å²) < 4.78 is 27.0. The zero-order valence-corrected chi connectivity index (χ0v) is 12.3. The molecule has 5 nitrogen and oxygen atoms in total. The molecule has 0 aromatic heterocycles. The first-order chi connectivity index (χ1) is 9.53. The van der Waals surface area contributed by atoms with Crippen LogP contribution in [-0.2, 0) is 10.0 Å². The third-order valence-electron chi connectivity index (χ3n) is 3.26. The highest BCUT2D eigenvalue weighted by Gasteiger charge is 2.20. The molecule has 0 aliphatic heterocycles. The Kier molecular flexibility index (Phi) is 4.76. The summed E-state index contributed by atoms with van der Waals surface area (Å²) in [5.41, 5.74) is 0.999. The quantitative estimate of drug-likeness (QED) is 0.742. The molecule has 1 aliphatic rings. The lowest BCUT2D eigenvalue weighted by Gasteiger charge is -2.09. The van der Waals surface area contributed by atoms with Crippen molar-refractivity contribution in [3.05, 3.63) is 29.3 Å². The molecule has 2 rings (SSSR count). The van der Waals surface area contributed by atoms with E-state index in [2.05, 4.69) is 10.0 Å². The van der Waals surface area contributed by atoms with E-state index in [4.69, 9.17) is 5.26 Å². The molecule has 20 heavy (non-hydrogen) atoms. The van der Waals surface area contributed by atoms with Gasteiger partial charge in [-0.3, -0.25) is 0 Å². The van der Waals surface area contributed by atoms with Gasteiger partial charge in [-0.25, -0.2) is 13.1 Å². The monoisotopic (exact) mass is 293 g/mol. The summed E-state index contributed by atoms with van der Waals surface area (Å²) in [4.78, 5) is 0.187. The number of sulfonamides is 1. The van der Waals surface area contributed by atoms with Crippen molar-refractivity contribution in [1.82, 2.24) is 10.0 Å². The van der Waals surface area contributed by atoms with Crippen LogP contribution in [0.25, 0.3) is 0 Å². The van der Waals surface area contributed by atoms with Crippen LogP contribution in [0.2, 0.25) is 0 Å². The van der Waals surface area contributed by atoms with Gasteiger partial charge in [0.25, 0.3) is 0 Å². The van der Waals surface area contributed by atoms with E-state index in [-0.39, 0.29) is 4.90 Å². The van der Waals surface area contributed by atoms with Gasteiger partial charge in [-0.15, -0.1) is 0 Å². The number of aryl methyl sites for hydroxylation is 1. The minimum Gasteiger partial charge on any atom is -0.314 e. The summed E-state index contributed by atoms with van der Waals surface area (Å²) in [5, 5.41) is 12.2. The molecule has 0 spiro atoms. The van der Waals surface area contributed by atoms with E-state index in [0.29, 0.717) is 23.7 Å². The Hall–Kier alpha value is -1.42. The van der Waals surface area contributed by atoms with Crippen molar-refractivity contribution in [2.24, 2.45) is 0 Å². The molecule has 0 radical (unpaired) electrons. The average molecular weight is 293 g/mol. The number of nitriles is 1. The van der Waals surface area contributed by atoms with E-state index < -0.39 is 10.0 Å². The molecule has 1 aromatic carbocycles. The van der Waals surface area contributed by atoms with Crippen LogP contribution in [0.4, 0.5) is 0 Å². The molecule has 1 saturated carbocycles. The van der Waals surface area contributed by atoms with E-state index in [9.17, 15) is 8.42 Å². The molecule has 0 bridgehead atoms. The maximum absolute atomic E-state index is 12.2. The van der Waals surface area contributed by atoms with Crippen LogP contribution >= 0.6 is 0 Å². The van der Waals surface area contributed by atoms with E-state index in [1.54, 1.807) is 19.1 Å². The molecule has 0 amide bonds. The zero-order valence-electron chi connectivity index (χ0n) is 11.5. The van der Waals surface area contributed by atoms with E-state index in [0.717, 1.165) is 13.0 Å². The Labute approximate surface area is 120 Å². The van der Waals surface area contributed by atoms with E-state index >= 15 is 0 Å². The van der Waals surface area contributed by atoms with Crippen LogP contribution in [-0.4, -0.2) is 27.5 Å². The molecule has 6 heteroatoms. The Morgan fingerprint density at radius 3 is 2.75 bits per heavy atom. The van der Waals surface area contributed by atoms with Crippen LogP contribution in [0.15, 0.2) is 23.1 Å². The van der Waals surface area contributed by atoms with Gasteiger partial charge >= 0.3 is 0 Å². The van der Waals surface area contributed by atoms with Gasteiger partial charge in [-0.2, -0.15) is 5.26 Å². The van der Waals surface area contributed by atoms with Crippen molar-refractivity contribution in [3.63, 3.8) is 0 Å². The summed E-state index contributed by atoms with van der Waals surface area (Å²) in [5.74, 6) is 0. The van der Waals surface area contributed by atoms with Crippen molar-refractivity contribution in [1.29, 1.82) is 5.26 Å². The highest BCUT2D eigenvalue weighted by Crippen LogP contribution is 2.18. The fraction of sp³-hybridized carbons (Fsp3) is 0.500. The summed E-state index contributed by atoms with van der Waals surface area (Å²) in [6, 6.07) is 7.29. The smallest absolute Gasteiger partial charge is 0.240 e. The van der Waals surface area contributed by atoms with Crippen LogP contribution in [0.1, 0.15) is 30.4 Å². The Morgan fingerprint density at radius 1 is 1.35 bits per heavy atom. The predicted molar refractivity (Wildman–Crippen MR) is 76.7 cm³/mol. The van der Waals surface area contributed by atoms with Gasteiger partial charge in [0.1, 0.15) is 0 Å². The van der Waals surface area contributed by atoms with Gasteiger partial charge in [-0.05, 0) is 50.4 Å². The van der Waals surface area contributed by atoms with Crippen molar-refractivity contribution in [3.8, 4) is 6.07 Å². The molecule has 0 unspecified atom stereocenters. The van der Waals surface area contributed by atoms with Crippen LogP contribution in [0, 0.1) is 18.3 Å². The second-order valence-electron chi connectivity index (χ2n) is 5.07. The molecular weight excluding hydrogens is 274 g/mol. The molecule has 1 aliphatic carbocycles. The number of rotatable bonds is 7. The molecular formula is C14H19N3O2S. The number of nitrogens with zero attached hydrogens (tertiary/aromatic N) is 1. The fourth-order valence-electron chi connectivity index (χ4n) is 1.93. The topological polar surface area (TPSA) is 82.0 Å². The fourth-order valence-corrected chi connectivity index (χ4v) is 3.27. The molecule has 1 aromatic rings. The first-order valence-corrected chi connectivity index (χ1v) is 8.25. The first kappa shape index (κ1) is 15.0. The first-order valence-electron chi connectivity index (χ1n) is 6.77. The largest absolute Gasteiger partial charge is 0.314 e. The van der Waals surface area contributed by atoms with Crippen molar-refractivity contribution >= 4 is 10.0 Å². The normalized spacial score (nSPS) is 15.0. The predicted octanol–water partition coefficient (Wildman–Crippen LogP) is 1.29. The van der Waals surface area contributed by atoms with Crippen molar-refractivity contribution < 1.29 is 8.42 Å². The number of benzene rings is 1. The lowest BCUT2D eigenvalue weighted by molar-refractivity contribution is 0.573. The molecule has 0 atom stereocenters. The second kappa shape index (κ2) is 6.35. The molecule has 0 saturated heterocycles. The van der Waals surface area contributed by atoms with E-state index in [1.165, 1.54) is 18.9 Å². The summed E-state index contributed by atoms with van der Waals surface area (Å²) >= 11 is 0. The molecule has 2 N–H and O–H groups in total. The van der Waals surface area contributed by atoms with E-state index in [1.807, 2.05) is 6.07 Å². The average Bonchev–Trinajstić information content (AvgIpc) is 3.23. The van der Waals surface area contributed by atoms with Crippen LogP contribution in [0.5, 0.6) is 0 Å². The van der Waals surface area contributed by atoms with Crippen LogP contribution in [0.3, 0.4) is 0 Å². The number of hydrogen-bond donors (Lipinski definition) is 2. The lowest BCUT2D eigenvalue weighted by atomic mass is 10.2. The maximum atomic E-state index is 12.2. The summed E-state index contributed by atoms with van der Waals surface area (Å²) in [6.45, 7) is 2.95. The third-order valence-corrected chi connectivity index (χ3v) is 4.87.